The van der Waals surface area contributed by atoms with E-state index in [1.807, 2.05) is 49.6 Å². The van der Waals surface area contributed by atoms with Gasteiger partial charge in [-0.05, 0) is 66.4 Å². The van der Waals surface area contributed by atoms with Crippen molar-refractivity contribution in [1.82, 2.24) is 9.13 Å². The Bertz CT molecular complexity index is 1330. The number of amides is 1. The Morgan fingerprint density at radius 2 is 1.83 bits per heavy atom. The van der Waals surface area contributed by atoms with Gasteiger partial charge >= 0.3 is 5.69 Å². The summed E-state index contributed by atoms with van der Waals surface area (Å²) in [5, 5.41) is 6.59. The van der Waals surface area contributed by atoms with Crippen LogP contribution in [-0.4, -0.2) is 15.0 Å². The van der Waals surface area contributed by atoms with E-state index in [2.05, 4.69) is 5.32 Å². The molecule has 154 valence electrons. The third-order valence-corrected chi connectivity index (χ3v) is 6.92. The second kappa shape index (κ2) is 8.41. The molecule has 0 bridgehead atoms. The number of rotatable bonds is 6. The van der Waals surface area contributed by atoms with Crippen molar-refractivity contribution in [1.29, 1.82) is 0 Å². The van der Waals surface area contributed by atoms with Crippen molar-refractivity contribution in [3.8, 4) is 0 Å². The molecule has 0 spiro atoms. The molecule has 4 rings (SSSR count). The molecule has 0 saturated heterocycles. The minimum atomic E-state index is -0.460. The summed E-state index contributed by atoms with van der Waals surface area (Å²) in [6.45, 7) is 4.12. The van der Waals surface area contributed by atoms with Gasteiger partial charge in [-0.1, -0.05) is 12.1 Å². The zero-order valence-corrected chi connectivity index (χ0v) is 18.3. The van der Waals surface area contributed by atoms with Crippen LogP contribution in [0.1, 0.15) is 16.0 Å². The third kappa shape index (κ3) is 4.01. The zero-order chi connectivity index (χ0) is 21.3. The number of hydrogen-bond donors (Lipinski definition) is 1. The minimum absolute atomic E-state index is 0.154. The van der Waals surface area contributed by atoms with Crippen LogP contribution in [0.25, 0.3) is 10.2 Å². The Balaban J connectivity index is 1.64. The SMILES string of the molecule is Cc1ccc(NC(=O)Cn2c(=O)n(CCc3cccs3)c(=O)c3sccc32)cc1C. The highest BCUT2D eigenvalue weighted by Gasteiger charge is 2.16. The fourth-order valence-corrected chi connectivity index (χ4v) is 4.86. The van der Waals surface area contributed by atoms with Gasteiger partial charge in [-0.2, -0.15) is 0 Å². The molecule has 3 aromatic heterocycles. The fraction of sp³-hybridized carbons (Fsp3) is 0.227. The van der Waals surface area contributed by atoms with Crippen LogP contribution < -0.4 is 16.6 Å². The van der Waals surface area contributed by atoms with Crippen molar-refractivity contribution in [2.24, 2.45) is 0 Å². The molecule has 6 nitrogen and oxygen atoms in total. The summed E-state index contributed by atoms with van der Waals surface area (Å²) in [5.74, 6) is -0.309. The van der Waals surface area contributed by atoms with E-state index in [1.165, 1.54) is 20.5 Å². The molecule has 4 aromatic rings. The smallest absolute Gasteiger partial charge is 0.325 e. The van der Waals surface area contributed by atoms with Gasteiger partial charge in [0.2, 0.25) is 5.91 Å². The lowest BCUT2D eigenvalue weighted by Gasteiger charge is -2.13. The molecule has 0 unspecified atom stereocenters. The lowest BCUT2D eigenvalue weighted by atomic mass is 10.1. The molecule has 0 fully saturated rings. The van der Waals surface area contributed by atoms with Crippen LogP contribution in [-0.2, 0) is 24.3 Å². The van der Waals surface area contributed by atoms with E-state index in [0.29, 0.717) is 22.3 Å². The summed E-state index contributed by atoms with van der Waals surface area (Å²) < 4.78 is 3.11. The Morgan fingerprint density at radius 3 is 2.57 bits per heavy atom. The molecule has 0 saturated carbocycles. The number of fused-ring (bicyclic) bond motifs is 1. The topological polar surface area (TPSA) is 73.1 Å². The highest BCUT2D eigenvalue weighted by Crippen LogP contribution is 2.17. The van der Waals surface area contributed by atoms with Crippen LogP contribution in [0.4, 0.5) is 5.69 Å². The minimum Gasteiger partial charge on any atom is -0.325 e. The van der Waals surface area contributed by atoms with Gasteiger partial charge in [0.05, 0.1) is 5.52 Å². The van der Waals surface area contributed by atoms with E-state index in [9.17, 15) is 14.4 Å². The van der Waals surface area contributed by atoms with Gasteiger partial charge < -0.3 is 5.32 Å². The van der Waals surface area contributed by atoms with E-state index >= 15 is 0 Å². The molecule has 1 N–H and O–H groups in total. The fourth-order valence-electron chi connectivity index (χ4n) is 3.32. The molecule has 0 atom stereocenters. The van der Waals surface area contributed by atoms with Gasteiger partial charge in [0.1, 0.15) is 11.2 Å². The van der Waals surface area contributed by atoms with Gasteiger partial charge in [-0.3, -0.25) is 18.7 Å². The van der Waals surface area contributed by atoms with Crippen molar-refractivity contribution in [2.45, 2.75) is 33.4 Å². The number of carbonyl (C=O) groups is 1. The molecule has 1 aromatic carbocycles. The van der Waals surface area contributed by atoms with Crippen molar-refractivity contribution in [3.63, 3.8) is 0 Å². The van der Waals surface area contributed by atoms with Crippen LogP contribution in [0, 0.1) is 13.8 Å². The van der Waals surface area contributed by atoms with E-state index in [1.54, 1.807) is 22.8 Å². The monoisotopic (exact) mass is 439 g/mol. The normalized spacial score (nSPS) is 11.1. The number of aromatic nitrogens is 2. The summed E-state index contributed by atoms with van der Waals surface area (Å²) in [7, 11) is 0. The quantitative estimate of drug-likeness (QED) is 0.497. The van der Waals surface area contributed by atoms with E-state index in [-0.39, 0.29) is 24.6 Å². The standard InChI is InChI=1S/C22H21N3O3S2/c1-14-5-6-16(12-15(14)2)23-19(26)13-25-18-8-11-30-20(18)21(27)24(22(25)28)9-7-17-4-3-10-29-17/h3-6,8,10-12H,7,9,13H2,1-2H3,(H,23,26). The molecule has 3 heterocycles. The number of nitrogens with one attached hydrogen (secondary N) is 1. The second-order valence-corrected chi connectivity index (χ2v) is 9.09. The molecule has 30 heavy (non-hydrogen) atoms. The number of benzene rings is 1. The molecule has 8 heteroatoms. The first-order valence-corrected chi connectivity index (χ1v) is 11.3. The van der Waals surface area contributed by atoms with Crippen LogP contribution in [0.5, 0.6) is 0 Å². The number of thiophene rings is 2. The molecule has 0 aliphatic heterocycles. The van der Waals surface area contributed by atoms with Gasteiger partial charge in [0, 0.05) is 17.1 Å². The Labute approximate surface area is 181 Å². The van der Waals surface area contributed by atoms with E-state index < -0.39 is 5.69 Å². The maximum atomic E-state index is 13.1. The second-order valence-electron chi connectivity index (χ2n) is 7.14. The van der Waals surface area contributed by atoms with Gasteiger partial charge in [-0.15, -0.1) is 22.7 Å². The number of carbonyl (C=O) groups excluding carboxylic acids is 1. The Kier molecular flexibility index (Phi) is 5.69. The summed E-state index contributed by atoms with van der Waals surface area (Å²) in [4.78, 5) is 39.7. The van der Waals surface area contributed by atoms with Crippen molar-refractivity contribution < 1.29 is 4.79 Å². The zero-order valence-electron chi connectivity index (χ0n) is 16.7. The molecular weight excluding hydrogens is 418 g/mol. The maximum absolute atomic E-state index is 13.1. The molecule has 0 radical (unpaired) electrons. The average molecular weight is 440 g/mol. The predicted octanol–water partition coefficient (Wildman–Crippen LogP) is 3.78. The highest BCUT2D eigenvalue weighted by molar-refractivity contribution is 7.17. The molecular formula is C22H21N3O3S2. The van der Waals surface area contributed by atoms with Crippen LogP contribution in [0.3, 0.4) is 0 Å². The summed E-state index contributed by atoms with van der Waals surface area (Å²) in [5.41, 5.74) is 2.64. The number of hydrogen-bond acceptors (Lipinski definition) is 5. The van der Waals surface area contributed by atoms with Crippen molar-refractivity contribution in [2.75, 3.05) is 5.32 Å². The predicted molar refractivity (Wildman–Crippen MR) is 123 cm³/mol. The Morgan fingerprint density at radius 1 is 1.00 bits per heavy atom. The first-order valence-electron chi connectivity index (χ1n) is 9.54. The van der Waals surface area contributed by atoms with Crippen LogP contribution in [0.15, 0.2) is 56.7 Å². The van der Waals surface area contributed by atoms with Crippen molar-refractivity contribution in [3.05, 3.63) is 84.0 Å². The maximum Gasteiger partial charge on any atom is 0.332 e. The lowest BCUT2D eigenvalue weighted by Crippen LogP contribution is -2.41. The summed E-state index contributed by atoms with van der Waals surface area (Å²) >= 11 is 2.88. The van der Waals surface area contributed by atoms with Gasteiger partial charge in [0.15, 0.2) is 0 Å². The lowest BCUT2D eigenvalue weighted by molar-refractivity contribution is -0.116. The summed E-state index contributed by atoms with van der Waals surface area (Å²) in [6, 6.07) is 11.3. The van der Waals surface area contributed by atoms with Crippen LogP contribution in [0.2, 0.25) is 0 Å². The van der Waals surface area contributed by atoms with Gasteiger partial charge in [0.25, 0.3) is 5.56 Å². The van der Waals surface area contributed by atoms with E-state index in [4.69, 9.17) is 0 Å². The number of anilines is 1. The van der Waals surface area contributed by atoms with Gasteiger partial charge in [-0.25, -0.2) is 4.79 Å². The average Bonchev–Trinajstić information content (AvgIpc) is 3.40. The largest absolute Gasteiger partial charge is 0.332 e. The third-order valence-electron chi connectivity index (χ3n) is 5.09. The molecule has 0 aliphatic carbocycles. The molecule has 1 amide bonds. The molecule has 0 aliphatic rings. The first kappa shape index (κ1) is 20.3. The first-order chi connectivity index (χ1) is 14.4. The number of nitrogens with zero attached hydrogens (tertiary/aromatic N) is 2. The van der Waals surface area contributed by atoms with Crippen LogP contribution >= 0.6 is 22.7 Å². The highest BCUT2D eigenvalue weighted by atomic mass is 32.1. The van der Waals surface area contributed by atoms with E-state index in [0.717, 1.165) is 16.0 Å². The summed E-state index contributed by atoms with van der Waals surface area (Å²) in [6.07, 6.45) is 0.596. The number of aryl methyl sites for hydroxylation is 3. The Hall–Kier alpha value is -2.97. The van der Waals surface area contributed by atoms with Crippen molar-refractivity contribution >= 4 is 44.5 Å².